The van der Waals surface area contributed by atoms with Crippen molar-refractivity contribution < 1.29 is 8.78 Å². The van der Waals surface area contributed by atoms with E-state index in [0.29, 0.717) is 0 Å². The Morgan fingerprint density at radius 2 is 1.94 bits per heavy atom. The largest absolute Gasteiger partial charge is 0.369 e. The molecule has 0 saturated heterocycles. The summed E-state index contributed by atoms with van der Waals surface area (Å²) in [6.45, 7) is 1.84. The van der Waals surface area contributed by atoms with Crippen LogP contribution in [0.25, 0.3) is 0 Å². The average molecular weight is 242 g/mol. The van der Waals surface area contributed by atoms with Crippen molar-refractivity contribution in [2.45, 2.75) is 25.8 Å². The maximum absolute atomic E-state index is 12.4. The fourth-order valence-electron chi connectivity index (χ4n) is 2.01. The number of rotatable bonds is 6. The maximum Gasteiger partial charge on any atom is 0.255 e. The van der Waals surface area contributed by atoms with E-state index in [0.717, 1.165) is 17.7 Å². The van der Waals surface area contributed by atoms with Gasteiger partial charge in [0.15, 0.2) is 0 Å². The molecule has 1 unspecified atom stereocenters. The molecule has 1 rings (SSSR count). The van der Waals surface area contributed by atoms with Gasteiger partial charge in [-0.25, -0.2) is 8.78 Å². The first-order chi connectivity index (χ1) is 8.10. The summed E-state index contributed by atoms with van der Waals surface area (Å²) in [4.78, 5) is 1.61. The van der Waals surface area contributed by atoms with Gasteiger partial charge in [-0.2, -0.15) is 0 Å². The van der Waals surface area contributed by atoms with Gasteiger partial charge in [-0.15, -0.1) is 0 Å². The molecule has 0 spiro atoms. The van der Waals surface area contributed by atoms with Crippen LogP contribution in [0.1, 0.15) is 24.9 Å². The number of nitrogens with one attached hydrogen (secondary N) is 1. The van der Waals surface area contributed by atoms with Gasteiger partial charge in [0, 0.05) is 18.8 Å². The number of halogens is 2. The summed E-state index contributed by atoms with van der Waals surface area (Å²) in [7, 11) is 3.59. The van der Waals surface area contributed by atoms with E-state index < -0.39 is 6.43 Å². The van der Waals surface area contributed by atoms with Crippen LogP contribution in [-0.4, -0.2) is 27.1 Å². The topological polar surface area (TPSA) is 15.3 Å². The molecule has 0 bridgehead atoms. The molecule has 0 fully saturated rings. The maximum atomic E-state index is 12.4. The molecule has 0 radical (unpaired) electrons. The Morgan fingerprint density at radius 3 is 2.47 bits per heavy atom. The van der Waals surface area contributed by atoms with E-state index in [9.17, 15) is 8.78 Å². The smallest absolute Gasteiger partial charge is 0.255 e. The zero-order valence-corrected chi connectivity index (χ0v) is 10.6. The first-order valence-corrected chi connectivity index (χ1v) is 5.85. The predicted octanol–water partition coefficient (Wildman–Crippen LogP) is 3.06. The average Bonchev–Trinajstić information content (AvgIpc) is 2.30. The van der Waals surface area contributed by atoms with Crippen molar-refractivity contribution >= 4 is 5.69 Å². The van der Waals surface area contributed by atoms with E-state index in [1.807, 2.05) is 31.3 Å². The normalized spacial score (nSPS) is 12.8. The van der Waals surface area contributed by atoms with Crippen LogP contribution in [0.4, 0.5) is 14.5 Å². The Bertz CT molecular complexity index is 338. The Labute approximate surface area is 102 Å². The second-order valence-electron chi connectivity index (χ2n) is 4.08. The molecule has 0 saturated carbocycles. The number of hydrogen-bond donors (Lipinski definition) is 1. The molecule has 1 aromatic carbocycles. The lowest BCUT2D eigenvalue weighted by atomic mass is 10.0. The van der Waals surface area contributed by atoms with Gasteiger partial charge < -0.3 is 10.2 Å². The van der Waals surface area contributed by atoms with E-state index in [-0.39, 0.29) is 12.6 Å². The van der Waals surface area contributed by atoms with Crippen molar-refractivity contribution in [1.29, 1.82) is 0 Å². The standard InChI is InChI=1S/C13H20F2N2/c1-4-11(16-2)10-7-5-6-8-12(10)17(3)9-13(14)15/h5-8,11,13,16H,4,9H2,1-3H3. The molecule has 0 amide bonds. The molecule has 96 valence electrons. The Hall–Kier alpha value is -1.16. The summed E-state index contributed by atoms with van der Waals surface area (Å²) in [6.07, 6.45) is -1.39. The number of anilines is 1. The third-order valence-electron chi connectivity index (χ3n) is 2.89. The van der Waals surface area contributed by atoms with E-state index in [1.54, 1.807) is 11.9 Å². The lowest BCUT2D eigenvalue weighted by molar-refractivity contribution is 0.156. The summed E-state index contributed by atoms with van der Waals surface area (Å²) < 4.78 is 24.8. The molecule has 4 heteroatoms. The first-order valence-electron chi connectivity index (χ1n) is 5.85. The number of benzene rings is 1. The molecule has 0 aromatic heterocycles. The van der Waals surface area contributed by atoms with Crippen LogP contribution >= 0.6 is 0 Å². The van der Waals surface area contributed by atoms with E-state index >= 15 is 0 Å². The molecule has 17 heavy (non-hydrogen) atoms. The monoisotopic (exact) mass is 242 g/mol. The molecule has 1 aromatic rings. The third kappa shape index (κ3) is 3.66. The Balaban J connectivity index is 2.98. The minimum atomic E-state index is -2.32. The summed E-state index contributed by atoms with van der Waals surface area (Å²) in [5.41, 5.74) is 1.94. The van der Waals surface area contributed by atoms with Gasteiger partial charge in [0.25, 0.3) is 6.43 Å². The van der Waals surface area contributed by atoms with Crippen LogP contribution in [0.15, 0.2) is 24.3 Å². The van der Waals surface area contributed by atoms with Crippen LogP contribution in [0.2, 0.25) is 0 Å². The molecule has 1 atom stereocenters. The van der Waals surface area contributed by atoms with Gasteiger partial charge in [-0.3, -0.25) is 0 Å². The Kier molecular flexibility index (Phi) is 5.35. The van der Waals surface area contributed by atoms with Crippen molar-refractivity contribution in [3.63, 3.8) is 0 Å². The van der Waals surface area contributed by atoms with Gasteiger partial charge in [-0.05, 0) is 25.1 Å². The Morgan fingerprint density at radius 1 is 1.29 bits per heavy atom. The summed E-state index contributed by atoms with van der Waals surface area (Å²) in [6, 6.07) is 7.89. The lowest BCUT2D eigenvalue weighted by Crippen LogP contribution is -2.27. The molecule has 0 aliphatic rings. The van der Waals surface area contributed by atoms with Gasteiger partial charge in [-0.1, -0.05) is 25.1 Å². The molecule has 0 aliphatic carbocycles. The highest BCUT2D eigenvalue weighted by Crippen LogP contribution is 2.27. The van der Waals surface area contributed by atoms with Crippen molar-refractivity contribution in [1.82, 2.24) is 5.32 Å². The van der Waals surface area contributed by atoms with Crippen LogP contribution < -0.4 is 10.2 Å². The van der Waals surface area contributed by atoms with Crippen LogP contribution in [0.5, 0.6) is 0 Å². The van der Waals surface area contributed by atoms with Crippen molar-refractivity contribution in [3.8, 4) is 0 Å². The van der Waals surface area contributed by atoms with Gasteiger partial charge in [0.1, 0.15) is 0 Å². The first kappa shape index (κ1) is 13.9. The van der Waals surface area contributed by atoms with E-state index in [4.69, 9.17) is 0 Å². The molecular formula is C13H20F2N2. The highest BCUT2D eigenvalue weighted by Gasteiger charge is 2.16. The van der Waals surface area contributed by atoms with Crippen LogP contribution in [0, 0.1) is 0 Å². The predicted molar refractivity (Wildman–Crippen MR) is 67.8 cm³/mol. The van der Waals surface area contributed by atoms with Gasteiger partial charge in [0.2, 0.25) is 0 Å². The molecule has 0 aliphatic heterocycles. The second-order valence-corrected chi connectivity index (χ2v) is 4.08. The number of para-hydroxylation sites is 1. The van der Waals surface area contributed by atoms with Crippen molar-refractivity contribution in [3.05, 3.63) is 29.8 Å². The van der Waals surface area contributed by atoms with Crippen LogP contribution in [-0.2, 0) is 0 Å². The number of hydrogen-bond acceptors (Lipinski definition) is 2. The molecule has 1 N–H and O–H groups in total. The number of nitrogens with zero attached hydrogens (tertiary/aromatic N) is 1. The van der Waals surface area contributed by atoms with Crippen molar-refractivity contribution in [2.24, 2.45) is 0 Å². The molecule has 0 heterocycles. The lowest BCUT2D eigenvalue weighted by Gasteiger charge is -2.25. The fraction of sp³-hybridized carbons (Fsp3) is 0.538. The SMILES string of the molecule is CCC(NC)c1ccccc1N(C)CC(F)F. The highest BCUT2D eigenvalue weighted by atomic mass is 19.3. The minimum absolute atomic E-state index is 0.200. The summed E-state index contributed by atoms with van der Waals surface area (Å²) in [5.74, 6) is 0. The molecule has 2 nitrogen and oxygen atoms in total. The summed E-state index contributed by atoms with van der Waals surface area (Å²) >= 11 is 0. The summed E-state index contributed by atoms with van der Waals surface area (Å²) in [5, 5.41) is 3.20. The van der Waals surface area contributed by atoms with Gasteiger partial charge in [0.05, 0.1) is 6.54 Å². The third-order valence-corrected chi connectivity index (χ3v) is 2.89. The molecular weight excluding hydrogens is 222 g/mol. The second kappa shape index (κ2) is 6.55. The number of alkyl halides is 2. The zero-order valence-electron chi connectivity index (χ0n) is 10.6. The quantitative estimate of drug-likeness (QED) is 0.824. The van der Waals surface area contributed by atoms with Crippen LogP contribution in [0.3, 0.4) is 0 Å². The van der Waals surface area contributed by atoms with Gasteiger partial charge >= 0.3 is 0 Å². The zero-order chi connectivity index (χ0) is 12.8. The van der Waals surface area contributed by atoms with Crippen molar-refractivity contribution in [2.75, 3.05) is 25.5 Å². The fourth-order valence-corrected chi connectivity index (χ4v) is 2.01. The van der Waals surface area contributed by atoms with E-state index in [1.165, 1.54) is 0 Å². The highest BCUT2D eigenvalue weighted by molar-refractivity contribution is 5.54. The van der Waals surface area contributed by atoms with E-state index in [2.05, 4.69) is 12.2 Å². The minimum Gasteiger partial charge on any atom is -0.369 e.